The van der Waals surface area contributed by atoms with Gasteiger partial charge in [-0.2, -0.15) is 11.8 Å². The average Bonchev–Trinajstić information content (AvgIpc) is 3.31. The summed E-state index contributed by atoms with van der Waals surface area (Å²) in [4.78, 5) is 28.7. The number of aryl methyl sites for hydroxylation is 1. The van der Waals surface area contributed by atoms with E-state index in [-0.39, 0.29) is 18.5 Å². The van der Waals surface area contributed by atoms with Crippen molar-refractivity contribution >= 4 is 53.5 Å². The van der Waals surface area contributed by atoms with Gasteiger partial charge < -0.3 is 30.6 Å². The van der Waals surface area contributed by atoms with Crippen molar-refractivity contribution in [1.82, 2.24) is 10.6 Å². The van der Waals surface area contributed by atoms with E-state index in [1.54, 1.807) is 7.05 Å². The van der Waals surface area contributed by atoms with Crippen molar-refractivity contribution in [2.45, 2.75) is 32.7 Å². The van der Waals surface area contributed by atoms with E-state index in [1.165, 1.54) is 16.9 Å². The Kier molecular flexibility index (Phi) is 18.6. The molecule has 10 heteroatoms. The van der Waals surface area contributed by atoms with Crippen molar-refractivity contribution in [3.63, 3.8) is 0 Å². The summed E-state index contributed by atoms with van der Waals surface area (Å²) in [5.41, 5.74) is 4.41. The van der Waals surface area contributed by atoms with E-state index < -0.39 is 5.97 Å². The van der Waals surface area contributed by atoms with Crippen molar-refractivity contribution in [3.05, 3.63) is 54.1 Å². The second-order valence-corrected chi connectivity index (χ2v) is 8.95. The highest BCUT2D eigenvalue weighted by molar-refractivity contribution is 7.98. The Morgan fingerprint density at radius 3 is 2.36 bits per heavy atom. The second-order valence-electron chi connectivity index (χ2n) is 7.42. The van der Waals surface area contributed by atoms with Crippen molar-refractivity contribution < 1.29 is 24.2 Å². The number of hydrogen-bond donors (Lipinski definition) is 4. The summed E-state index contributed by atoms with van der Waals surface area (Å²) in [6.45, 7) is 6.67. The maximum absolute atomic E-state index is 11.2. The lowest BCUT2D eigenvalue weighted by molar-refractivity contribution is -0.135. The minimum Gasteiger partial charge on any atom is -0.480 e. The van der Waals surface area contributed by atoms with Crippen molar-refractivity contribution in [1.29, 1.82) is 0 Å². The van der Waals surface area contributed by atoms with Gasteiger partial charge in [-0.15, -0.1) is 0 Å². The smallest absolute Gasteiger partial charge is 0.317 e. The van der Waals surface area contributed by atoms with E-state index in [2.05, 4.69) is 60.3 Å². The van der Waals surface area contributed by atoms with Crippen molar-refractivity contribution in [2.75, 3.05) is 37.5 Å². The van der Waals surface area contributed by atoms with Gasteiger partial charge in [-0.3, -0.25) is 9.59 Å². The van der Waals surface area contributed by atoms with Crippen LogP contribution in [0.5, 0.6) is 0 Å². The van der Waals surface area contributed by atoms with Gasteiger partial charge in [-0.1, -0.05) is 43.3 Å². The molecule has 3 rings (SSSR count). The number of aliphatic carboxylic acids is 1. The molecule has 1 heterocycles. The molecule has 8 nitrogen and oxygen atoms in total. The van der Waals surface area contributed by atoms with Gasteiger partial charge in [0, 0.05) is 12.1 Å². The van der Waals surface area contributed by atoms with Gasteiger partial charge >= 0.3 is 5.97 Å². The van der Waals surface area contributed by atoms with Gasteiger partial charge in [0.1, 0.15) is 13.4 Å². The molecule has 0 aliphatic carbocycles. The van der Waals surface area contributed by atoms with Crippen LogP contribution < -0.4 is 16.0 Å². The molecule has 1 aliphatic heterocycles. The normalized spacial score (nSPS) is 13.3. The highest BCUT2D eigenvalue weighted by Crippen LogP contribution is 2.26. The summed E-state index contributed by atoms with van der Waals surface area (Å²) < 4.78 is 5.56. The molecule has 2 aromatic rings. The third kappa shape index (κ3) is 14.4. The minimum atomic E-state index is -0.822. The zero-order chi connectivity index (χ0) is 27.3. The number of likely N-dealkylation sites (N-methyl/N-ethyl adjacent to an activating group) is 1. The number of carboxylic acids is 1. The topological polar surface area (TPSA) is 117 Å². The molecule has 0 saturated carbocycles. The lowest BCUT2D eigenvalue weighted by atomic mass is 10.00. The summed E-state index contributed by atoms with van der Waals surface area (Å²) >= 11 is 7.10. The highest BCUT2D eigenvalue weighted by Gasteiger charge is 2.21. The number of ether oxygens (including phenoxy) is 1. The number of hydrogen-bond acceptors (Lipinski definition) is 7. The van der Waals surface area contributed by atoms with E-state index in [9.17, 15) is 9.59 Å². The minimum absolute atomic E-state index is 0.0417. The van der Waals surface area contributed by atoms with E-state index in [1.807, 2.05) is 42.8 Å². The molecular formula is C26H37N3O5S2. The Labute approximate surface area is 223 Å². The Morgan fingerprint density at radius 2 is 1.89 bits per heavy atom. The summed E-state index contributed by atoms with van der Waals surface area (Å²) in [5.74, 6) is 0.492. The zero-order valence-electron chi connectivity index (χ0n) is 21.3. The van der Waals surface area contributed by atoms with Crippen LogP contribution in [0.2, 0.25) is 0 Å². The van der Waals surface area contributed by atoms with Gasteiger partial charge in [-0.05, 0) is 73.4 Å². The number of carbonyl (C=O) groups is 3. The first-order valence-electron chi connectivity index (χ1n) is 11.3. The molecule has 1 unspecified atom stereocenters. The first-order valence-corrected chi connectivity index (χ1v) is 13.1. The van der Waals surface area contributed by atoms with Crippen molar-refractivity contribution in [2.24, 2.45) is 0 Å². The molecule has 2 aromatic carbocycles. The first-order chi connectivity index (χ1) is 17.3. The largest absolute Gasteiger partial charge is 0.480 e. The quantitative estimate of drug-likeness (QED) is 0.388. The van der Waals surface area contributed by atoms with Crippen LogP contribution in [0.4, 0.5) is 5.69 Å². The van der Waals surface area contributed by atoms with Crippen LogP contribution in [0.15, 0.2) is 48.5 Å². The number of thiocarbonyl (C=S) groups is 1. The van der Waals surface area contributed by atoms with Crippen LogP contribution in [0, 0.1) is 6.92 Å². The third-order valence-electron chi connectivity index (χ3n) is 4.69. The molecule has 0 radical (unpaired) electrons. The lowest BCUT2D eigenvalue weighted by Crippen LogP contribution is -2.31. The van der Waals surface area contributed by atoms with Gasteiger partial charge in [-0.25, -0.2) is 0 Å². The fraction of sp³-hybridized carbons (Fsp3) is 0.385. The summed E-state index contributed by atoms with van der Waals surface area (Å²) in [7, 11) is 1.59. The zero-order valence-corrected chi connectivity index (χ0v) is 23.0. The molecule has 1 saturated heterocycles. The molecule has 1 atom stereocenters. The molecule has 0 aromatic heterocycles. The summed E-state index contributed by atoms with van der Waals surface area (Å²) in [6.07, 6.45) is 3.46. The fourth-order valence-corrected chi connectivity index (χ4v) is 3.10. The molecule has 0 spiro atoms. The Bertz CT molecular complexity index is 927. The first kappa shape index (κ1) is 33.1. The standard InChI is InChI=1S/C19H20N2O2S.C3H7NO2.C3H8S.CH2O/c1-13-7-8-15(11-17(13)14-5-3-2-4-6-14)21-19(24)23-12-16-9-10-18(22)20-16;1-4-2-3(5)6;1-3-4-2;1-2/h2-8,11,16H,9-10,12H2,1H3,(H,20,22)(H,21,24);4H,2H2,1H3,(H,5,6);3H2,1-2H3;1H2. The number of benzene rings is 2. The van der Waals surface area contributed by atoms with E-state index in [4.69, 9.17) is 26.9 Å². The Hall–Kier alpha value is -2.95. The number of carboxylic acid groups (broad SMARTS) is 1. The van der Waals surface area contributed by atoms with Crippen LogP contribution in [-0.2, 0) is 19.1 Å². The molecule has 1 aliphatic rings. The fourth-order valence-electron chi connectivity index (χ4n) is 2.91. The number of rotatable bonds is 7. The molecule has 36 heavy (non-hydrogen) atoms. The van der Waals surface area contributed by atoms with Crippen LogP contribution >= 0.6 is 24.0 Å². The Morgan fingerprint density at radius 1 is 1.25 bits per heavy atom. The van der Waals surface area contributed by atoms with E-state index in [0.29, 0.717) is 18.2 Å². The summed E-state index contributed by atoms with van der Waals surface area (Å²) in [6, 6.07) is 16.4. The van der Waals surface area contributed by atoms with Crippen molar-refractivity contribution in [3.8, 4) is 11.1 Å². The van der Waals surface area contributed by atoms with Crippen LogP contribution in [-0.4, -0.2) is 67.2 Å². The van der Waals surface area contributed by atoms with Gasteiger partial charge in [0.2, 0.25) is 5.91 Å². The van der Waals surface area contributed by atoms with Crippen LogP contribution in [0.25, 0.3) is 11.1 Å². The Balaban J connectivity index is 0.000000860. The number of nitrogens with one attached hydrogen (secondary N) is 3. The maximum atomic E-state index is 11.2. The lowest BCUT2D eigenvalue weighted by Gasteiger charge is -2.15. The highest BCUT2D eigenvalue weighted by atomic mass is 32.2. The monoisotopic (exact) mass is 535 g/mol. The molecule has 198 valence electrons. The molecule has 0 bridgehead atoms. The third-order valence-corrected chi connectivity index (χ3v) is 5.48. The predicted octanol–water partition coefficient (Wildman–Crippen LogP) is 4.13. The molecule has 4 N–H and O–H groups in total. The number of amides is 1. The van der Waals surface area contributed by atoms with Crippen LogP contribution in [0.3, 0.4) is 0 Å². The van der Waals surface area contributed by atoms with Gasteiger partial charge in [0.05, 0.1) is 12.6 Å². The predicted molar refractivity (Wildman–Crippen MR) is 153 cm³/mol. The second kappa shape index (κ2) is 20.3. The van der Waals surface area contributed by atoms with Gasteiger partial charge in [0.15, 0.2) is 0 Å². The maximum Gasteiger partial charge on any atom is 0.317 e. The molecular weight excluding hydrogens is 498 g/mol. The van der Waals surface area contributed by atoms with E-state index in [0.717, 1.165) is 17.7 Å². The number of carbonyl (C=O) groups excluding carboxylic acids is 2. The number of thioether (sulfide) groups is 1. The van der Waals surface area contributed by atoms with E-state index >= 15 is 0 Å². The molecule has 1 fully saturated rings. The number of anilines is 1. The van der Waals surface area contributed by atoms with Gasteiger partial charge in [0.25, 0.3) is 5.17 Å². The average molecular weight is 536 g/mol. The van der Waals surface area contributed by atoms with Crippen LogP contribution in [0.1, 0.15) is 25.3 Å². The SMILES string of the molecule is C=O.CCSC.CNCC(=O)O.Cc1ccc(NC(=S)OCC2CCC(=O)N2)cc1-c1ccccc1. The summed E-state index contributed by atoms with van der Waals surface area (Å²) in [5, 5.41) is 16.6. The molecule has 1 amide bonds.